The number of esters is 1. The topological polar surface area (TPSA) is 372 Å². The molecule has 0 unspecified atom stereocenters. The average molecular weight is 1380 g/mol. The van der Waals surface area contributed by atoms with Crippen LogP contribution in [-0.2, 0) is 79.7 Å². The highest BCUT2D eigenvalue weighted by Gasteiger charge is 2.64. The number of primary amides is 1. The maximum absolute atomic E-state index is 14.6. The molecule has 9 amide bonds. The number of imide groups is 1. The Hall–Kier alpha value is -7.93. The number of rotatable bonds is 28. The van der Waals surface area contributed by atoms with Gasteiger partial charge < -0.3 is 75.2 Å². The van der Waals surface area contributed by atoms with E-state index in [9.17, 15) is 57.8 Å². The van der Waals surface area contributed by atoms with Crippen molar-refractivity contribution in [2.24, 2.45) is 23.5 Å². The Morgan fingerprint density at radius 3 is 2.30 bits per heavy atom. The van der Waals surface area contributed by atoms with Gasteiger partial charge in [-0.2, -0.15) is 0 Å². The maximum atomic E-state index is 14.6. The second kappa shape index (κ2) is 34.8. The number of aliphatic hydroxyl groups is 1. The van der Waals surface area contributed by atoms with E-state index in [2.05, 4.69) is 26.6 Å². The summed E-state index contributed by atoms with van der Waals surface area (Å²) in [7, 11) is 5.67. The number of epoxide rings is 1. The van der Waals surface area contributed by atoms with Crippen LogP contribution in [0.15, 0.2) is 54.1 Å². The summed E-state index contributed by atoms with van der Waals surface area (Å²) < 4.78 is 35.0. The van der Waals surface area contributed by atoms with Crippen LogP contribution in [0.1, 0.15) is 130 Å². The smallest absolute Gasteiger partial charge is 0.409 e. The number of fused-ring (bicyclic) bond motifs is 5. The van der Waals surface area contributed by atoms with Crippen molar-refractivity contribution < 1.29 is 91.1 Å². The van der Waals surface area contributed by atoms with Crippen molar-refractivity contribution in [3.63, 3.8) is 0 Å². The molecule has 0 radical (unpaired) electrons. The van der Waals surface area contributed by atoms with E-state index in [1.807, 2.05) is 39.8 Å². The van der Waals surface area contributed by atoms with Gasteiger partial charge in [0.25, 0.3) is 23.6 Å². The van der Waals surface area contributed by atoms with Gasteiger partial charge in [-0.15, -0.1) is 5.06 Å². The molecular weight excluding hydrogens is 1290 g/mol. The Morgan fingerprint density at radius 2 is 1.65 bits per heavy atom. The predicted octanol–water partition coefficient (Wildman–Crippen LogP) is 4.14. The standard InChI is InChI=1S/C66H90ClN9O19S/c1-36(2)44(33-52(96)70-23-25-91-27-26-90-24-21-56(81)95-76-53(78)19-20-54(76)79)60(83)72-46(15-13-22-71-63(68)86)48(77)32-42-17-18-43(31-45(42)59(82)69-8)61(84)74(9)40(6)62(85)93-51-34-55(80)75(10)47-30-41(29-38(4)57(47)67)28-37(3)14-12-16-50(89-11)66(88)35-49(92-64(87)73-66)39(5)58-65(51,7)94-58/h12,14,16-18,29-31,36,39-40,44,46,49-51,58,88H,13,15,19-28,32-35H2,1-11H3,(H,69,82)(H,70,96)(H,72,83)(H,73,87)(H3,68,71,86)/b16-12+,37-14+/t39-,40+,44+,46+,49+,50-,51+,58+,65+,66+/m1/s1. The van der Waals surface area contributed by atoms with Gasteiger partial charge in [-0.1, -0.05) is 80.5 Å². The zero-order valence-corrected chi connectivity index (χ0v) is 57.7. The number of alkyl carbamates (subject to hydrolysis) is 1. The van der Waals surface area contributed by atoms with Crippen molar-refractivity contribution in [3.05, 3.63) is 87.0 Å². The van der Waals surface area contributed by atoms with Crippen molar-refractivity contribution in [2.45, 2.75) is 160 Å². The SMILES string of the molecule is CNC(=O)c1cc(C(=O)N(C)[C@@H](C)C(=O)O[C@H]2CC(=O)N(C)c3cc(cc(C)c3Cl)C/C(C)=C/C=C/[C@@H](OC)[C@@]3(O)C[C@H](OC(=O)N3)[C@@H](C)[C@@H]3O[C@@]23C)ccc1CC(=O)[C@H](CCCNC(N)=O)NC(=O)[C@@H](CC(=S)NCCOCCOCCC(=O)ON1C(=O)CCC1=O)C(C)C. The molecule has 0 aromatic heterocycles. The second-order valence-electron chi connectivity index (χ2n) is 24.9. The van der Waals surface area contributed by atoms with Gasteiger partial charge in [0, 0.05) is 96.4 Å². The van der Waals surface area contributed by atoms with Gasteiger partial charge in [0.05, 0.1) is 67.1 Å². The highest BCUT2D eigenvalue weighted by molar-refractivity contribution is 7.80. The van der Waals surface area contributed by atoms with Crippen LogP contribution in [0.2, 0.25) is 5.02 Å². The normalized spacial score (nSPS) is 23.8. The van der Waals surface area contributed by atoms with Gasteiger partial charge in [-0.05, 0) is 87.8 Å². The number of anilines is 1. The van der Waals surface area contributed by atoms with E-state index in [0.29, 0.717) is 32.7 Å². The maximum Gasteiger partial charge on any atom is 0.409 e. The molecular formula is C66H90ClN9O19S. The Morgan fingerprint density at radius 1 is 0.958 bits per heavy atom. The van der Waals surface area contributed by atoms with Crippen LogP contribution < -0.4 is 37.2 Å². The van der Waals surface area contributed by atoms with Crippen molar-refractivity contribution in [3.8, 4) is 0 Å². The van der Waals surface area contributed by atoms with Crippen LogP contribution in [0.5, 0.6) is 0 Å². The summed E-state index contributed by atoms with van der Waals surface area (Å²) >= 11 is 12.5. The van der Waals surface area contributed by atoms with Crippen LogP contribution >= 0.6 is 23.8 Å². The largest absolute Gasteiger partial charge is 0.457 e. The number of nitrogens with one attached hydrogen (secondary N) is 5. The number of hydrogen-bond acceptors (Lipinski definition) is 20. The van der Waals surface area contributed by atoms with E-state index in [4.69, 9.17) is 62.8 Å². The number of allylic oxidation sites excluding steroid dienone is 3. The van der Waals surface area contributed by atoms with Crippen molar-refractivity contribution in [1.29, 1.82) is 0 Å². The van der Waals surface area contributed by atoms with E-state index in [0.717, 1.165) is 16.0 Å². The van der Waals surface area contributed by atoms with Crippen LogP contribution in [0, 0.1) is 24.7 Å². The zero-order chi connectivity index (χ0) is 70.9. The number of amides is 9. The summed E-state index contributed by atoms with van der Waals surface area (Å²) in [4.78, 5) is 153. The third kappa shape index (κ3) is 20.6. The van der Waals surface area contributed by atoms with Crippen LogP contribution in [0.4, 0.5) is 15.3 Å². The van der Waals surface area contributed by atoms with E-state index >= 15 is 0 Å². The first-order valence-electron chi connectivity index (χ1n) is 31.8. The average Bonchev–Trinajstić information content (AvgIpc) is 1.57. The summed E-state index contributed by atoms with van der Waals surface area (Å²) in [6.07, 6.45) is -0.195. The fourth-order valence-corrected chi connectivity index (χ4v) is 12.0. The number of hydrogen-bond donors (Lipinski definition) is 7. The molecule has 526 valence electrons. The number of nitrogens with two attached hydrogens (primary N) is 1. The first-order chi connectivity index (χ1) is 45.3. The molecule has 4 heterocycles. The van der Waals surface area contributed by atoms with Crippen LogP contribution in [0.25, 0.3) is 0 Å². The summed E-state index contributed by atoms with van der Waals surface area (Å²) in [5.41, 5.74) is 4.91. The summed E-state index contributed by atoms with van der Waals surface area (Å²) in [5.74, 6) is -7.41. The molecule has 2 aromatic rings. The number of halogens is 1. The number of thiocarbonyl (C=S) groups is 1. The Balaban J connectivity index is 1.13. The highest BCUT2D eigenvalue weighted by Crippen LogP contribution is 2.49. The number of benzene rings is 2. The Labute approximate surface area is 568 Å². The minimum absolute atomic E-state index is 0.0151. The number of methoxy groups -OCH3 is 1. The first kappa shape index (κ1) is 77.1. The number of aryl methyl sites for hydroxylation is 1. The molecule has 6 rings (SSSR count). The summed E-state index contributed by atoms with van der Waals surface area (Å²) in [6, 6.07) is 4.54. The Kier molecular flexibility index (Phi) is 28.0. The number of Topliss-reactive ketones (excluding diaryl/α,β-unsaturated/α-hetero) is 1. The van der Waals surface area contributed by atoms with Gasteiger partial charge in [-0.25, -0.2) is 19.2 Å². The molecule has 96 heavy (non-hydrogen) atoms. The van der Waals surface area contributed by atoms with E-state index < -0.39 is 138 Å². The predicted molar refractivity (Wildman–Crippen MR) is 353 cm³/mol. The van der Waals surface area contributed by atoms with E-state index in [-0.39, 0.29) is 107 Å². The van der Waals surface area contributed by atoms with E-state index in [1.54, 1.807) is 39.1 Å². The fraction of sp³-hybridized carbons (Fsp3) is 0.576. The van der Waals surface area contributed by atoms with Gasteiger partial charge in [0.2, 0.25) is 11.8 Å². The number of urea groups is 1. The van der Waals surface area contributed by atoms with Gasteiger partial charge in [0.1, 0.15) is 30.0 Å². The number of carbonyl (C=O) groups is 11. The Bertz CT molecular complexity index is 3310. The molecule has 10 atom stereocenters. The quantitative estimate of drug-likeness (QED) is 0.0207. The molecule has 3 fully saturated rings. The second-order valence-corrected chi connectivity index (χ2v) is 25.8. The number of nitrogens with zero attached hydrogens (tertiary/aromatic N) is 3. The zero-order valence-electron chi connectivity index (χ0n) is 56.1. The number of ketones is 1. The minimum Gasteiger partial charge on any atom is -0.457 e. The molecule has 4 bridgehead atoms. The lowest BCUT2D eigenvalue weighted by molar-refractivity contribution is -0.198. The molecule has 4 aliphatic rings. The fourth-order valence-electron chi connectivity index (χ4n) is 11.5. The van der Waals surface area contributed by atoms with E-state index in [1.165, 1.54) is 51.2 Å². The number of hydroxylamine groups is 2. The lowest BCUT2D eigenvalue weighted by atomic mass is 9.83. The highest BCUT2D eigenvalue weighted by atomic mass is 35.5. The summed E-state index contributed by atoms with van der Waals surface area (Å²) in [6.45, 7) is 13.0. The first-order valence-corrected chi connectivity index (χ1v) is 32.6. The lowest BCUT2D eigenvalue weighted by Crippen LogP contribution is -2.63. The van der Waals surface area contributed by atoms with Crippen molar-refractivity contribution >= 4 is 99.8 Å². The molecule has 8 N–H and O–H groups in total. The molecule has 4 aliphatic heterocycles. The summed E-state index contributed by atoms with van der Waals surface area (Å²) in [5, 5.41) is 26.2. The number of ether oxygens (including phenoxy) is 6. The molecule has 3 saturated heterocycles. The van der Waals surface area contributed by atoms with Gasteiger partial charge >= 0.3 is 24.1 Å². The third-order valence-corrected chi connectivity index (χ3v) is 18.3. The lowest BCUT2D eigenvalue weighted by Gasteiger charge is -2.42. The molecule has 28 nitrogen and oxygen atoms in total. The third-order valence-electron chi connectivity index (χ3n) is 17.5. The molecule has 30 heteroatoms. The van der Waals surface area contributed by atoms with Crippen LogP contribution in [0.3, 0.4) is 0 Å². The van der Waals surface area contributed by atoms with Crippen molar-refractivity contribution in [2.75, 3.05) is 72.7 Å². The molecule has 0 aliphatic carbocycles. The van der Waals surface area contributed by atoms with Crippen molar-refractivity contribution in [1.82, 2.24) is 36.5 Å². The monoisotopic (exact) mass is 1380 g/mol. The minimum atomic E-state index is -1.92. The number of likely N-dealkylation sites (N-methyl/N-ethyl adjacent to an activating group) is 1. The molecule has 2 aromatic carbocycles. The molecule has 0 spiro atoms. The van der Waals surface area contributed by atoms with Gasteiger partial charge in [0.15, 0.2) is 11.5 Å². The number of carbonyl (C=O) groups excluding carboxylic acids is 11. The van der Waals surface area contributed by atoms with Crippen LogP contribution in [-0.4, -0.2) is 201 Å². The van der Waals surface area contributed by atoms with Gasteiger partial charge in [-0.3, -0.25) is 38.9 Å². The molecule has 0 saturated carbocycles.